The number of nitrogens with one attached hydrogen (secondary N) is 2. The van der Waals surface area contributed by atoms with Crippen molar-refractivity contribution in [3.63, 3.8) is 0 Å². The number of carbonyl (C=O) groups excluding carboxylic acids is 3. The molecule has 2 atom stereocenters. The van der Waals surface area contributed by atoms with Crippen LogP contribution in [0.1, 0.15) is 30.1 Å². The summed E-state index contributed by atoms with van der Waals surface area (Å²) in [5.41, 5.74) is 0.808. The zero-order valence-electron chi connectivity index (χ0n) is 16.6. The molecule has 30 heavy (non-hydrogen) atoms. The number of ether oxygens (including phenoxy) is 3. The van der Waals surface area contributed by atoms with E-state index < -0.39 is 24.0 Å². The minimum absolute atomic E-state index is 0.105. The Morgan fingerprint density at radius 2 is 1.83 bits per heavy atom. The molecule has 0 spiro atoms. The molecule has 2 unspecified atom stereocenters. The maximum absolute atomic E-state index is 12.3. The van der Waals surface area contributed by atoms with Gasteiger partial charge < -0.3 is 19.5 Å². The van der Waals surface area contributed by atoms with Crippen LogP contribution in [-0.2, 0) is 14.3 Å². The third-order valence-electron chi connectivity index (χ3n) is 4.47. The number of urea groups is 1. The number of amides is 3. The van der Waals surface area contributed by atoms with Crippen LogP contribution in [0, 0.1) is 0 Å². The fourth-order valence-electron chi connectivity index (χ4n) is 2.83. The minimum Gasteiger partial charge on any atom is -0.491 e. The highest BCUT2D eigenvalue weighted by Gasteiger charge is 2.21. The lowest BCUT2D eigenvalue weighted by atomic mass is 10.2. The second-order valence-corrected chi connectivity index (χ2v) is 6.83. The van der Waals surface area contributed by atoms with E-state index in [1.54, 1.807) is 54.6 Å². The van der Waals surface area contributed by atoms with Gasteiger partial charge in [0.25, 0.3) is 5.91 Å². The Labute approximate surface area is 174 Å². The number of anilines is 1. The van der Waals surface area contributed by atoms with Crippen LogP contribution in [0.2, 0.25) is 0 Å². The molecule has 1 aliphatic heterocycles. The quantitative estimate of drug-likeness (QED) is 0.678. The molecule has 8 heteroatoms. The average Bonchev–Trinajstić information content (AvgIpc) is 3.27. The molecular weight excluding hydrogens is 388 g/mol. The molecule has 1 saturated heterocycles. The third-order valence-corrected chi connectivity index (χ3v) is 4.47. The summed E-state index contributed by atoms with van der Waals surface area (Å²) in [6.45, 7) is 2.62. The van der Waals surface area contributed by atoms with Crippen LogP contribution < -0.4 is 15.4 Å². The van der Waals surface area contributed by atoms with Crippen LogP contribution in [0.5, 0.6) is 5.75 Å². The van der Waals surface area contributed by atoms with E-state index in [0.717, 1.165) is 19.4 Å². The molecule has 0 aliphatic carbocycles. The summed E-state index contributed by atoms with van der Waals surface area (Å²) in [6.07, 6.45) is 0.981. The molecular formula is C22H24N2O6. The van der Waals surface area contributed by atoms with Crippen molar-refractivity contribution in [1.29, 1.82) is 0 Å². The van der Waals surface area contributed by atoms with E-state index in [0.29, 0.717) is 18.0 Å². The van der Waals surface area contributed by atoms with Crippen molar-refractivity contribution >= 4 is 23.6 Å². The third kappa shape index (κ3) is 6.31. The zero-order chi connectivity index (χ0) is 21.3. The lowest BCUT2D eigenvalue weighted by Gasteiger charge is -2.14. The standard InChI is InChI=1S/C22H24N2O6/c1-15(20(25)24-22(27)23-17-6-3-2-4-7-17)30-21(26)16-9-11-18(12-10-16)29-14-19-8-5-13-28-19/h2-4,6-7,9-12,15,19H,5,8,13-14H2,1H3,(H2,23,24,25,27). The van der Waals surface area contributed by atoms with Gasteiger partial charge in [-0.05, 0) is 56.2 Å². The first-order valence-electron chi connectivity index (χ1n) is 9.73. The molecule has 158 valence electrons. The van der Waals surface area contributed by atoms with Crippen molar-refractivity contribution < 1.29 is 28.6 Å². The van der Waals surface area contributed by atoms with Crippen molar-refractivity contribution in [2.24, 2.45) is 0 Å². The van der Waals surface area contributed by atoms with Crippen molar-refractivity contribution in [2.75, 3.05) is 18.5 Å². The topological polar surface area (TPSA) is 103 Å². The summed E-state index contributed by atoms with van der Waals surface area (Å²) in [5.74, 6) is -0.787. The summed E-state index contributed by atoms with van der Waals surface area (Å²) in [4.78, 5) is 36.2. The van der Waals surface area contributed by atoms with Gasteiger partial charge in [-0.15, -0.1) is 0 Å². The van der Waals surface area contributed by atoms with Crippen LogP contribution in [0.15, 0.2) is 54.6 Å². The maximum Gasteiger partial charge on any atom is 0.338 e. The number of imide groups is 1. The van der Waals surface area contributed by atoms with Crippen molar-refractivity contribution in [2.45, 2.75) is 32.0 Å². The Morgan fingerprint density at radius 3 is 2.50 bits per heavy atom. The largest absolute Gasteiger partial charge is 0.491 e. The number of para-hydroxylation sites is 1. The lowest BCUT2D eigenvalue weighted by molar-refractivity contribution is -0.127. The van der Waals surface area contributed by atoms with Gasteiger partial charge in [-0.1, -0.05) is 18.2 Å². The Bertz CT molecular complexity index is 863. The monoisotopic (exact) mass is 412 g/mol. The maximum atomic E-state index is 12.3. The molecule has 1 aliphatic rings. The number of rotatable bonds is 7. The number of hydrogen-bond acceptors (Lipinski definition) is 6. The van der Waals surface area contributed by atoms with Crippen LogP contribution in [0.3, 0.4) is 0 Å². The van der Waals surface area contributed by atoms with E-state index in [1.165, 1.54) is 6.92 Å². The molecule has 0 radical (unpaired) electrons. The minimum atomic E-state index is -1.14. The summed E-state index contributed by atoms with van der Waals surface area (Å²) in [6, 6.07) is 14.4. The molecule has 2 N–H and O–H groups in total. The van der Waals surface area contributed by atoms with Crippen LogP contribution in [0.4, 0.5) is 10.5 Å². The van der Waals surface area contributed by atoms with Crippen molar-refractivity contribution in [3.8, 4) is 5.75 Å². The van der Waals surface area contributed by atoms with E-state index in [9.17, 15) is 14.4 Å². The van der Waals surface area contributed by atoms with Gasteiger partial charge in [0, 0.05) is 12.3 Å². The Morgan fingerprint density at radius 1 is 1.10 bits per heavy atom. The fourth-order valence-corrected chi connectivity index (χ4v) is 2.83. The van der Waals surface area contributed by atoms with Gasteiger partial charge in [-0.2, -0.15) is 0 Å². The predicted octanol–water partition coefficient (Wildman–Crippen LogP) is 3.14. The van der Waals surface area contributed by atoms with Crippen molar-refractivity contribution in [3.05, 3.63) is 60.2 Å². The van der Waals surface area contributed by atoms with Crippen LogP contribution >= 0.6 is 0 Å². The smallest absolute Gasteiger partial charge is 0.338 e. The molecule has 0 saturated carbocycles. The molecule has 1 fully saturated rings. The Kier molecular flexibility index (Phi) is 7.40. The number of benzene rings is 2. The first kappa shape index (κ1) is 21.3. The van der Waals surface area contributed by atoms with E-state index in [2.05, 4.69) is 10.6 Å². The summed E-state index contributed by atoms with van der Waals surface area (Å²) >= 11 is 0. The SMILES string of the molecule is CC(OC(=O)c1ccc(OCC2CCCO2)cc1)C(=O)NC(=O)Nc1ccccc1. The Hall–Kier alpha value is -3.39. The first-order chi connectivity index (χ1) is 14.5. The number of esters is 1. The average molecular weight is 412 g/mol. The van der Waals surface area contributed by atoms with Gasteiger partial charge >= 0.3 is 12.0 Å². The predicted molar refractivity (Wildman–Crippen MR) is 109 cm³/mol. The fraction of sp³-hybridized carbons (Fsp3) is 0.318. The molecule has 3 amide bonds. The number of carbonyl (C=O) groups is 3. The number of hydrogen-bond donors (Lipinski definition) is 2. The van der Waals surface area contributed by atoms with E-state index >= 15 is 0 Å². The highest BCUT2D eigenvalue weighted by atomic mass is 16.5. The van der Waals surface area contributed by atoms with Crippen molar-refractivity contribution in [1.82, 2.24) is 5.32 Å². The zero-order valence-corrected chi connectivity index (χ0v) is 16.6. The second-order valence-electron chi connectivity index (χ2n) is 6.83. The summed E-state index contributed by atoms with van der Waals surface area (Å²) in [7, 11) is 0. The normalized spacial score (nSPS) is 16.4. The van der Waals surface area contributed by atoms with Crippen LogP contribution in [-0.4, -0.2) is 43.3 Å². The molecule has 0 aromatic heterocycles. The van der Waals surface area contributed by atoms with E-state index in [-0.39, 0.29) is 11.7 Å². The second kappa shape index (κ2) is 10.4. The van der Waals surface area contributed by atoms with Gasteiger partial charge in [-0.25, -0.2) is 9.59 Å². The lowest BCUT2D eigenvalue weighted by Crippen LogP contribution is -2.41. The van der Waals surface area contributed by atoms with Gasteiger partial charge in [0.15, 0.2) is 6.10 Å². The molecule has 3 rings (SSSR count). The molecule has 0 bridgehead atoms. The van der Waals surface area contributed by atoms with Crippen LogP contribution in [0.25, 0.3) is 0 Å². The van der Waals surface area contributed by atoms with Gasteiger partial charge in [0.1, 0.15) is 12.4 Å². The molecule has 8 nitrogen and oxygen atoms in total. The molecule has 2 aromatic carbocycles. The highest BCUT2D eigenvalue weighted by molar-refractivity contribution is 6.03. The van der Waals surface area contributed by atoms with E-state index in [1.807, 2.05) is 0 Å². The van der Waals surface area contributed by atoms with Gasteiger partial charge in [-0.3, -0.25) is 10.1 Å². The summed E-state index contributed by atoms with van der Waals surface area (Å²) < 4.78 is 16.3. The molecule has 2 aromatic rings. The van der Waals surface area contributed by atoms with Gasteiger partial charge in [0.05, 0.1) is 11.7 Å². The highest BCUT2D eigenvalue weighted by Crippen LogP contribution is 2.17. The van der Waals surface area contributed by atoms with E-state index in [4.69, 9.17) is 14.2 Å². The molecule has 1 heterocycles. The van der Waals surface area contributed by atoms with Gasteiger partial charge in [0.2, 0.25) is 0 Å². The first-order valence-corrected chi connectivity index (χ1v) is 9.73. The summed E-state index contributed by atoms with van der Waals surface area (Å²) in [5, 5.41) is 4.66. The Balaban J connectivity index is 1.44.